The van der Waals surface area contributed by atoms with Crippen molar-refractivity contribution in [2.24, 2.45) is 0 Å². The van der Waals surface area contributed by atoms with Crippen LogP contribution in [0.5, 0.6) is 0 Å². The monoisotopic (exact) mass is 324 g/mol. The quantitative estimate of drug-likeness (QED) is 0.827. The maximum absolute atomic E-state index is 4.41. The number of nitrogens with zero attached hydrogens (tertiary/aromatic N) is 2. The number of rotatable bonds is 5. The molecule has 2 aromatic rings. The predicted molar refractivity (Wildman–Crippen MR) is 80.9 cm³/mol. The van der Waals surface area contributed by atoms with Gasteiger partial charge in [-0.15, -0.1) is 11.3 Å². The van der Waals surface area contributed by atoms with Gasteiger partial charge in [0, 0.05) is 28.1 Å². The minimum absolute atomic E-state index is 0.522. The maximum Gasteiger partial charge on any atom is 0.0544 e. The molecule has 0 fully saturated rings. The van der Waals surface area contributed by atoms with Gasteiger partial charge in [0.2, 0.25) is 0 Å². The van der Waals surface area contributed by atoms with Crippen LogP contribution in [0.15, 0.2) is 40.3 Å². The Hall–Kier alpha value is -0.710. The van der Waals surface area contributed by atoms with E-state index in [9.17, 15) is 0 Å². The Labute approximate surface area is 121 Å². The van der Waals surface area contributed by atoms with Crippen LogP contribution in [-0.4, -0.2) is 23.0 Å². The second kappa shape index (κ2) is 6.45. The lowest BCUT2D eigenvalue weighted by Gasteiger charge is -2.23. The van der Waals surface area contributed by atoms with Crippen molar-refractivity contribution in [3.63, 3.8) is 0 Å². The molecule has 0 aromatic carbocycles. The van der Waals surface area contributed by atoms with Gasteiger partial charge in [0.15, 0.2) is 0 Å². The number of likely N-dealkylation sites (N-methyl/N-ethyl adjacent to an activating group) is 1. The van der Waals surface area contributed by atoms with Crippen LogP contribution in [0, 0.1) is 0 Å². The lowest BCUT2D eigenvalue weighted by atomic mass is 10.2. The molecule has 0 saturated heterocycles. The van der Waals surface area contributed by atoms with Crippen LogP contribution in [0.25, 0.3) is 0 Å². The molecule has 1 unspecified atom stereocenters. The molecule has 18 heavy (non-hydrogen) atoms. The van der Waals surface area contributed by atoms with E-state index in [1.807, 2.05) is 23.6 Å². The number of thiophene rings is 1. The highest BCUT2D eigenvalue weighted by atomic mass is 79.9. The fourth-order valence-corrected chi connectivity index (χ4v) is 2.85. The Kier molecular flexibility index (Phi) is 4.92. The fraction of sp³-hybridized carbons (Fsp3) is 0.357. The van der Waals surface area contributed by atoms with E-state index in [0.717, 1.165) is 23.1 Å². The van der Waals surface area contributed by atoms with Gasteiger partial charge in [0.05, 0.1) is 5.69 Å². The number of pyridine rings is 1. The Balaban J connectivity index is 1.90. The lowest BCUT2D eigenvalue weighted by Crippen LogP contribution is -2.30. The van der Waals surface area contributed by atoms with E-state index in [1.165, 1.54) is 4.88 Å². The Morgan fingerprint density at radius 3 is 2.83 bits per heavy atom. The first-order valence-corrected chi connectivity index (χ1v) is 7.65. The molecule has 0 aliphatic heterocycles. The SMILES string of the molecule is CC(Cc1cccs1)N(C)Cc1ccc(Br)cn1. The standard InChI is InChI=1S/C14H17BrN2S/c1-11(8-14-4-3-7-18-14)17(2)10-13-6-5-12(15)9-16-13/h3-7,9,11H,8,10H2,1-2H3. The van der Waals surface area contributed by atoms with Crippen LogP contribution in [-0.2, 0) is 13.0 Å². The summed E-state index contributed by atoms with van der Waals surface area (Å²) in [5.74, 6) is 0. The van der Waals surface area contributed by atoms with Gasteiger partial charge in [-0.05, 0) is 59.9 Å². The molecule has 0 radical (unpaired) electrons. The number of aromatic nitrogens is 1. The average Bonchev–Trinajstić information content (AvgIpc) is 2.85. The molecule has 2 rings (SSSR count). The van der Waals surface area contributed by atoms with Crippen LogP contribution < -0.4 is 0 Å². The van der Waals surface area contributed by atoms with Gasteiger partial charge in [0.1, 0.15) is 0 Å². The molecule has 0 amide bonds. The third kappa shape index (κ3) is 3.90. The highest BCUT2D eigenvalue weighted by Crippen LogP contribution is 2.15. The van der Waals surface area contributed by atoms with E-state index in [0.29, 0.717) is 6.04 Å². The summed E-state index contributed by atoms with van der Waals surface area (Å²) in [5, 5.41) is 2.14. The first-order chi connectivity index (χ1) is 8.65. The molecule has 0 bridgehead atoms. The van der Waals surface area contributed by atoms with Gasteiger partial charge in [0.25, 0.3) is 0 Å². The van der Waals surface area contributed by atoms with Crippen LogP contribution in [0.3, 0.4) is 0 Å². The zero-order valence-electron chi connectivity index (χ0n) is 10.6. The summed E-state index contributed by atoms with van der Waals surface area (Å²) in [6.07, 6.45) is 2.96. The highest BCUT2D eigenvalue weighted by molar-refractivity contribution is 9.10. The molecule has 0 aliphatic carbocycles. The maximum atomic E-state index is 4.41. The predicted octanol–water partition coefficient (Wildman–Crippen LogP) is 3.97. The summed E-state index contributed by atoms with van der Waals surface area (Å²) in [4.78, 5) is 8.20. The number of halogens is 1. The molecule has 0 N–H and O–H groups in total. The number of hydrogen-bond donors (Lipinski definition) is 0. The summed E-state index contributed by atoms with van der Waals surface area (Å²) in [6, 6.07) is 8.95. The van der Waals surface area contributed by atoms with Gasteiger partial charge in [-0.1, -0.05) is 6.07 Å². The average molecular weight is 325 g/mol. The minimum atomic E-state index is 0.522. The Morgan fingerprint density at radius 2 is 2.22 bits per heavy atom. The van der Waals surface area contributed by atoms with Crippen LogP contribution in [0.2, 0.25) is 0 Å². The first-order valence-electron chi connectivity index (χ1n) is 5.98. The molecule has 0 spiro atoms. The Morgan fingerprint density at radius 1 is 1.39 bits per heavy atom. The van der Waals surface area contributed by atoms with Gasteiger partial charge in [-0.3, -0.25) is 9.88 Å². The van der Waals surface area contributed by atoms with Crippen molar-refractivity contribution in [1.82, 2.24) is 9.88 Å². The molecule has 4 heteroatoms. The third-order valence-corrected chi connectivity index (χ3v) is 4.40. The molecule has 2 nitrogen and oxygen atoms in total. The largest absolute Gasteiger partial charge is 0.298 e. The minimum Gasteiger partial charge on any atom is -0.298 e. The zero-order chi connectivity index (χ0) is 13.0. The second-order valence-electron chi connectivity index (χ2n) is 4.52. The van der Waals surface area contributed by atoms with Crippen molar-refractivity contribution in [2.45, 2.75) is 25.9 Å². The number of hydrogen-bond acceptors (Lipinski definition) is 3. The van der Waals surface area contributed by atoms with Crippen molar-refractivity contribution < 1.29 is 0 Å². The van der Waals surface area contributed by atoms with Gasteiger partial charge in [-0.2, -0.15) is 0 Å². The Bertz CT molecular complexity index is 467. The summed E-state index contributed by atoms with van der Waals surface area (Å²) < 4.78 is 1.03. The van der Waals surface area contributed by atoms with Crippen LogP contribution in [0.4, 0.5) is 0 Å². The molecule has 2 aromatic heterocycles. The normalized spacial score (nSPS) is 12.9. The zero-order valence-corrected chi connectivity index (χ0v) is 13.0. The van der Waals surface area contributed by atoms with Gasteiger partial charge < -0.3 is 0 Å². The van der Waals surface area contributed by atoms with Crippen LogP contribution in [0.1, 0.15) is 17.5 Å². The van der Waals surface area contributed by atoms with E-state index in [-0.39, 0.29) is 0 Å². The summed E-state index contributed by atoms with van der Waals surface area (Å²) >= 11 is 5.23. The van der Waals surface area contributed by atoms with Crippen molar-refractivity contribution in [2.75, 3.05) is 7.05 Å². The van der Waals surface area contributed by atoms with E-state index in [1.54, 1.807) is 0 Å². The second-order valence-corrected chi connectivity index (χ2v) is 6.46. The fourth-order valence-electron chi connectivity index (χ4n) is 1.79. The van der Waals surface area contributed by atoms with E-state index in [4.69, 9.17) is 0 Å². The smallest absolute Gasteiger partial charge is 0.0544 e. The highest BCUT2D eigenvalue weighted by Gasteiger charge is 2.11. The molecule has 0 aliphatic rings. The molecule has 1 atom stereocenters. The van der Waals surface area contributed by atoms with Crippen molar-refractivity contribution >= 4 is 27.3 Å². The molecule has 0 saturated carbocycles. The molecular weight excluding hydrogens is 308 g/mol. The van der Waals surface area contributed by atoms with Crippen molar-refractivity contribution in [3.8, 4) is 0 Å². The van der Waals surface area contributed by atoms with E-state index < -0.39 is 0 Å². The molecule has 2 heterocycles. The molecular formula is C14H17BrN2S. The first kappa shape index (κ1) is 13.7. The van der Waals surface area contributed by atoms with E-state index in [2.05, 4.69) is 63.4 Å². The molecule has 96 valence electrons. The van der Waals surface area contributed by atoms with Crippen LogP contribution >= 0.6 is 27.3 Å². The lowest BCUT2D eigenvalue weighted by molar-refractivity contribution is 0.246. The van der Waals surface area contributed by atoms with Gasteiger partial charge in [-0.25, -0.2) is 0 Å². The summed E-state index contributed by atoms with van der Waals surface area (Å²) in [6.45, 7) is 3.15. The van der Waals surface area contributed by atoms with E-state index >= 15 is 0 Å². The van der Waals surface area contributed by atoms with Crippen molar-refractivity contribution in [1.29, 1.82) is 0 Å². The summed E-state index contributed by atoms with van der Waals surface area (Å²) in [5.41, 5.74) is 1.11. The third-order valence-electron chi connectivity index (χ3n) is 3.03. The topological polar surface area (TPSA) is 16.1 Å². The van der Waals surface area contributed by atoms with Crippen molar-refractivity contribution in [3.05, 3.63) is 50.9 Å². The summed E-state index contributed by atoms with van der Waals surface area (Å²) in [7, 11) is 2.15. The van der Waals surface area contributed by atoms with Gasteiger partial charge >= 0.3 is 0 Å².